The van der Waals surface area contributed by atoms with Crippen molar-refractivity contribution in [1.29, 1.82) is 0 Å². The summed E-state index contributed by atoms with van der Waals surface area (Å²) >= 11 is 0. The number of aryl methyl sites for hydroxylation is 1. The Kier molecular flexibility index (Phi) is 5.83. The molecule has 4 aromatic rings. The van der Waals surface area contributed by atoms with Crippen LogP contribution in [0.15, 0.2) is 76.0 Å². The molecule has 4 rings (SSSR count). The Labute approximate surface area is 185 Å². The molecule has 0 aliphatic rings. The maximum atomic E-state index is 12.7. The molecule has 0 fully saturated rings. The van der Waals surface area contributed by atoms with E-state index in [1.807, 2.05) is 6.92 Å². The lowest BCUT2D eigenvalue weighted by molar-refractivity contribution is 0.102. The van der Waals surface area contributed by atoms with Crippen LogP contribution in [0.3, 0.4) is 0 Å². The van der Waals surface area contributed by atoms with Crippen molar-refractivity contribution < 1.29 is 22.4 Å². The first-order valence-electron chi connectivity index (χ1n) is 9.88. The summed E-state index contributed by atoms with van der Waals surface area (Å²) < 4.78 is 38.6. The van der Waals surface area contributed by atoms with Crippen molar-refractivity contribution in [2.45, 2.75) is 18.7 Å². The highest BCUT2D eigenvalue weighted by molar-refractivity contribution is 7.92. The molecular weight excluding hydrogens is 430 g/mol. The minimum Gasteiger partial charge on any atom is -0.494 e. The van der Waals surface area contributed by atoms with E-state index < -0.39 is 10.0 Å². The predicted octanol–water partition coefficient (Wildman–Crippen LogP) is 4.59. The molecular formula is C23H21N3O5S. The number of ether oxygens (including phenoxy) is 1. The third-order valence-corrected chi connectivity index (χ3v) is 5.99. The number of nitrogens with zero attached hydrogens (tertiary/aromatic N) is 1. The van der Waals surface area contributed by atoms with E-state index in [9.17, 15) is 13.2 Å². The summed E-state index contributed by atoms with van der Waals surface area (Å²) in [5.41, 5.74) is 2.57. The zero-order valence-electron chi connectivity index (χ0n) is 17.5. The van der Waals surface area contributed by atoms with E-state index in [0.717, 1.165) is 0 Å². The van der Waals surface area contributed by atoms with Crippen LogP contribution in [0.25, 0.3) is 11.1 Å². The summed E-state index contributed by atoms with van der Waals surface area (Å²) in [7, 11) is -3.80. The van der Waals surface area contributed by atoms with Crippen LogP contribution in [0.4, 0.5) is 11.4 Å². The number of hydrogen-bond acceptors (Lipinski definition) is 6. The normalized spacial score (nSPS) is 11.3. The lowest BCUT2D eigenvalue weighted by atomic mass is 10.2. The quantitative estimate of drug-likeness (QED) is 0.425. The van der Waals surface area contributed by atoms with Crippen LogP contribution in [0, 0.1) is 6.92 Å². The summed E-state index contributed by atoms with van der Waals surface area (Å²) in [6.07, 6.45) is 0. The number of aromatic nitrogens is 1. The van der Waals surface area contributed by atoms with Crippen LogP contribution in [0.5, 0.6) is 5.75 Å². The molecule has 164 valence electrons. The average molecular weight is 452 g/mol. The van der Waals surface area contributed by atoms with Crippen molar-refractivity contribution >= 4 is 38.4 Å². The lowest BCUT2D eigenvalue weighted by Crippen LogP contribution is -2.14. The lowest BCUT2D eigenvalue weighted by Gasteiger charge is -2.10. The minimum absolute atomic E-state index is 0.0439. The number of amides is 1. The van der Waals surface area contributed by atoms with Crippen molar-refractivity contribution in [3.05, 3.63) is 78.2 Å². The van der Waals surface area contributed by atoms with Gasteiger partial charge in [0.2, 0.25) is 0 Å². The third-order valence-electron chi connectivity index (χ3n) is 4.60. The van der Waals surface area contributed by atoms with E-state index in [1.54, 1.807) is 49.4 Å². The molecule has 2 N–H and O–H groups in total. The molecule has 0 aliphatic carbocycles. The van der Waals surface area contributed by atoms with Crippen LogP contribution in [-0.2, 0) is 10.0 Å². The molecule has 1 amide bonds. The summed E-state index contributed by atoms with van der Waals surface area (Å²) in [6, 6.07) is 17.5. The number of carbonyl (C=O) groups excluding carboxylic acids is 1. The minimum atomic E-state index is -3.80. The molecule has 0 atom stereocenters. The molecule has 0 bridgehead atoms. The summed E-state index contributed by atoms with van der Waals surface area (Å²) in [4.78, 5) is 16.8. The molecule has 0 aliphatic heterocycles. The van der Waals surface area contributed by atoms with Gasteiger partial charge in [-0.1, -0.05) is 0 Å². The zero-order valence-corrected chi connectivity index (χ0v) is 18.3. The van der Waals surface area contributed by atoms with Gasteiger partial charge in [-0.2, -0.15) is 0 Å². The van der Waals surface area contributed by atoms with E-state index in [2.05, 4.69) is 15.0 Å². The Balaban J connectivity index is 1.45. The molecule has 0 spiro atoms. The van der Waals surface area contributed by atoms with Gasteiger partial charge in [-0.3, -0.25) is 9.52 Å². The molecule has 9 heteroatoms. The third kappa shape index (κ3) is 4.73. The molecule has 0 saturated heterocycles. The Morgan fingerprint density at radius 1 is 1.00 bits per heavy atom. The van der Waals surface area contributed by atoms with Crippen LogP contribution in [0.2, 0.25) is 0 Å². The van der Waals surface area contributed by atoms with Crippen molar-refractivity contribution in [2.75, 3.05) is 16.6 Å². The first-order valence-corrected chi connectivity index (χ1v) is 11.4. The maximum Gasteiger partial charge on any atom is 0.261 e. The van der Waals surface area contributed by atoms with Crippen molar-refractivity contribution in [3.8, 4) is 5.75 Å². The number of fused-ring (bicyclic) bond motifs is 1. The second-order valence-corrected chi connectivity index (χ2v) is 8.64. The van der Waals surface area contributed by atoms with E-state index in [0.29, 0.717) is 46.3 Å². The van der Waals surface area contributed by atoms with Gasteiger partial charge < -0.3 is 14.5 Å². The fraction of sp³-hybridized carbons (Fsp3) is 0.130. The van der Waals surface area contributed by atoms with Crippen LogP contribution in [0.1, 0.15) is 23.2 Å². The van der Waals surface area contributed by atoms with Gasteiger partial charge in [-0.15, -0.1) is 0 Å². The summed E-state index contributed by atoms with van der Waals surface area (Å²) in [5, 5.41) is 2.78. The van der Waals surface area contributed by atoms with E-state index in [1.165, 1.54) is 24.3 Å². The van der Waals surface area contributed by atoms with Gasteiger partial charge in [0.1, 0.15) is 11.3 Å². The SMILES string of the molecule is CCOc1ccc(NS(=O)(=O)c2ccc(C(=O)Nc3ccc4oc(C)nc4c3)cc2)cc1. The fourth-order valence-electron chi connectivity index (χ4n) is 3.11. The van der Waals surface area contributed by atoms with Gasteiger partial charge in [0.25, 0.3) is 15.9 Å². The predicted molar refractivity (Wildman–Crippen MR) is 122 cm³/mol. The molecule has 0 radical (unpaired) electrons. The largest absolute Gasteiger partial charge is 0.494 e. The van der Waals surface area contributed by atoms with Gasteiger partial charge in [-0.25, -0.2) is 13.4 Å². The Morgan fingerprint density at radius 3 is 2.38 bits per heavy atom. The van der Waals surface area contributed by atoms with Crippen LogP contribution < -0.4 is 14.8 Å². The Hall–Kier alpha value is -3.85. The van der Waals surface area contributed by atoms with Crippen molar-refractivity contribution in [2.24, 2.45) is 0 Å². The van der Waals surface area contributed by atoms with E-state index >= 15 is 0 Å². The number of hydrogen-bond donors (Lipinski definition) is 2. The average Bonchev–Trinajstić information content (AvgIpc) is 3.14. The molecule has 1 aromatic heterocycles. The molecule has 3 aromatic carbocycles. The van der Waals surface area contributed by atoms with Crippen molar-refractivity contribution in [1.82, 2.24) is 4.98 Å². The number of rotatable bonds is 7. The Morgan fingerprint density at radius 2 is 1.69 bits per heavy atom. The van der Waals surface area contributed by atoms with Crippen LogP contribution in [-0.4, -0.2) is 25.9 Å². The summed E-state index contributed by atoms with van der Waals surface area (Å²) in [6.45, 7) is 4.15. The first kappa shape index (κ1) is 21.4. The molecule has 8 nitrogen and oxygen atoms in total. The molecule has 0 unspecified atom stereocenters. The number of sulfonamides is 1. The van der Waals surface area contributed by atoms with E-state index in [4.69, 9.17) is 9.15 Å². The number of nitrogens with one attached hydrogen (secondary N) is 2. The van der Waals surface area contributed by atoms with Gasteiger partial charge in [0, 0.05) is 23.9 Å². The highest BCUT2D eigenvalue weighted by atomic mass is 32.2. The molecule has 1 heterocycles. The Bertz CT molecular complexity index is 1360. The van der Waals surface area contributed by atoms with Crippen molar-refractivity contribution in [3.63, 3.8) is 0 Å². The highest BCUT2D eigenvalue weighted by Crippen LogP contribution is 2.22. The number of oxazole rings is 1. The molecule has 0 saturated carbocycles. The molecule has 32 heavy (non-hydrogen) atoms. The summed E-state index contributed by atoms with van der Waals surface area (Å²) in [5.74, 6) is 0.829. The topological polar surface area (TPSA) is 111 Å². The number of carbonyl (C=O) groups is 1. The number of anilines is 2. The zero-order chi connectivity index (χ0) is 22.7. The van der Waals surface area contributed by atoms with Gasteiger partial charge in [0.05, 0.1) is 11.5 Å². The second-order valence-electron chi connectivity index (χ2n) is 6.96. The maximum absolute atomic E-state index is 12.7. The first-order chi connectivity index (χ1) is 15.3. The van der Waals surface area contributed by atoms with Gasteiger partial charge in [0.15, 0.2) is 11.5 Å². The van der Waals surface area contributed by atoms with E-state index in [-0.39, 0.29) is 10.8 Å². The second kappa shape index (κ2) is 8.72. The highest BCUT2D eigenvalue weighted by Gasteiger charge is 2.16. The standard InChI is InChI=1S/C23H21N3O5S/c1-3-30-19-9-6-17(7-10-19)26-32(28,29)20-11-4-16(5-12-20)23(27)25-18-8-13-22-21(14-18)24-15(2)31-22/h4-14,26H,3H2,1-2H3,(H,25,27). The number of benzene rings is 3. The monoisotopic (exact) mass is 451 g/mol. The van der Waals surface area contributed by atoms with Crippen LogP contribution >= 0.6 is 0 Å². The smallest absolute Gasteiger partial charge is 0.261 e. The van der Waals surface area contributed by atoms with Gasteiger partial charge >= 0.3 is 0 Å². The fourth-order valence-corrected chi connectivity index (χ4v) is 4.17. The van der Waals surface area contributed by atoms with Gasteiger partial charge in [-0.05, 0) is 73.7 Å².